The van der Waals surface area contributed by atoms with Crippen LogP contribution in [-0.4, -0.2) is 48.1 Å². The van der Waals surface area contributed by atoms with Crippen molar-refractivity contribution in [3.8, 4) is 17.1 Å². The van der Waals surface area contributed by atoms with Gasteiger partial charge in [0.25, 0.3) is 5.91 Å². The molecule has 2 heterocycles. The van der Waals surface area contributed by atoms with Crippen molar-refractivity contribution in [1.82, 2.24) is 15.4 Å². The Hall–Kier alpha value is -2.83. The molecule has 1 fully saturated rings. The topological polar surface area (TPSA) is 84.7 Å². The molecular weight excluding hydrogens is 346 g/mol. The van der Waals surface area contributed by atoms with Crippen molar-refractivity contribution in [2.45, 2.75) is 32.7 Å². The van der Waals surface area contributed by atoms with E-state index in [0.717, 1.165) is 24.2 Å². The average molecular weight is 371 g/mol. The molecule has 7 nitrogen and oxygen atoms in total. The van der Waals surface area contributed by atoms with E-state index in [-0.39, 0.29) is 29.5 Å². The monoisotopic (exact) mass is 371 g/mol. The van der Waals surface area contributed by atoms with Crippen LogP contribution in [0.1, 0.15) is 37.2 Å². The lowest BCUT2D eigenvalue weighted by atomic mass is 9.96. The molecule has 1 atom stereocenters. The number of nitrogens with one attached hydrogen (secondary N) is 1. The molecule has 2 aromatic rings. The van der Waals surface area contributed by atoms with E-state index in [9.17, 15) is 9.59 Å². The van der Waals surface area contributed by atoms with Crippen molar-refractivity contribution in [2.24, 2.45) is 5.92 Å². The Morgan fingerprint density at radius 2 is 2.04 bits per heavy atom. The smallest absolute Gasteiger partial charge is 0.276 e. The predicted octanol–water partition coefficient (Wildman–Crippen LogP) is 2.73. The molecule has 3 rings (SSSR count). The summed E-state index contributed by atoms with van der Waals surface area (Å²) in [5.74, 6) is 0.876. The van der Waals surface area contributed by atoms with E-state index in [1.807, 2.05) is 38.1 Å². The number of rotatable bonds is 5. The molecule has 1 aliphatic heterocycles. The fraction of sp³-hybridized carbons (Fsp3) is 0.450. The van der Waals surface area contributed by atoms with E-state index < -0.39 is 0 Å². The van der Waals surface area contributed by atoms with Crippen LogP contribution < -0.4 is 10.1 Å². The molecule has 1 aromatic carbocycles. The van der Waals surface area contributed by atoms with Crippen LogP contribution in [0.25, 0.3) is 11.3 Å². The van der Waals surface area contributed by atoms with Gasteiger partial charge in [-0.25, -0.2) is 0 Å². The van der Waals surface area contributed by atoms with Gasteiger partial charge in [-0.15, -0.1) is 0 Å². The van der Waals surface area contributed by atoms with Gasteiger partial charge in [-0.3, -0.25) is 9.59 Å². The van der Waals surface area contributed by atoms with Crippen LogP contribution in [0, 0.1) is 5.92 Å². The molecule has 27 heavy (non-hydrogen) atoms. The molecule has 144 valence electrons. The number of ether oxygens (including phenoxy) is 1. The maximum atomic E-state index is 12.8. The van der Waals surface area contributed by atoms with E-state index in [1.165, 1.54) is 0 Å². The molecule has 7 heteroatoms. The van der Waals surface area contributed by atoms with E-state index >= 15 is 0 Å². The third-order valence-electron chi connectivity index (χ3n) is 4.61. The number of hydrogen-bond acceptors (Lipinski definition) is 5. The van der Waals surface area contributed by atoms with Crippen LogP contribution in [0.5, 0.6) is 5.75 Å². The molecule has 0 saturated carbocycles. The number of nitrogens with zero attached hydrogens (tertiary/aromatic N) is 2. The van der Waals surface area contributed by atoms with Gasteiger partial charge in [0.05, 0.1) is 13.0 Å². The predicted molar refractivity (Wildman–Crippen MR) is 100 cm³/mol. The van der Waals surface area contributed by atoms with Crippen LogP contribution in [0.3, 0.4) is 0 Å². The maximum Gasteiger partial charge on any atom is 0.276 e. The van der Waals surface area contributed by atoms with Crippen molar-refractivity contribution in [3.63, 3.8) is 0 Å². The summed E-state index contributed by atoms with van der Waals surface area (Å²) in [5, 5.41) is 6.86. The average Bonchev–Trinajstić information content (AvgIpc) is 3.17. The molecule has 2 amide bonds. The molecule has 0 bridgehead atoms. The highest BCUT2D eigenvalue weighted by molar-refractivity contribution is 5.93. The first-order valence-electron chi connectivity index (χ1n) is 9.18. The number of likely N-dealkylation sites (tertiary alicyclic amines) is 1. The molecule has 0 aliphatic carbocycles. The molecule has 1 aliphatic rings. The van der Waals surface area contributed by atoms with Crippen molar-refractivity contribution in [1.29, 1.82) is 0 Å². The molecule has 1 N–H and O–H groups in total. The number of carbonyl (C=O) groups is 2. The Morgan fingerprint density at radius 1 is 1.30 bits per heavy atom. The minimum atomic E-state index is -0.208. The van der Waals surface area contributed by atoms with Gasteiger partial charge in [0.2, 0.25) is 5.91 Å². The Balaban J connectivity index is 1.68. The van der Waals surface area contributed by atoms with Crippen molar-refractivity contribution < 1.29 is 18.8 Å². The zero-order valence-corrected chi connectivity index (χ0v) is 15.9. The van der Waals surface area contributed by atoms with Gasteiger partial charge in [0.15, 0.2) is 11.5 Å². The summed E-state index contributed by atoms with van der Waals surface area (Å²) >= 11 is 0. The Kier molecular flexibility index (Phi) is 5.78. The van der Waals surface area contributed by atoms with Gasteiger partial charge < -0.3 is 19.5 Å². The second kappa shape index (κ2) is 8.24. The first-order chi connectivity index (χ1) is 13.0. The highest BCUT2D eigenvalue weighted by Gasteiger charge is 2.30. The van der Waals surface area contributed by atoms with E-state index in [1.54, 1.807) is 18.1 Å². The number of methoxy groups -OCH3 is 1. The van der Waals surface area contributed by atoms with E-state index in [0.29, 0.717) is 18.8 Å². The SMILES string of the molecule is COc1ccc(-c2cc(C(=O)N3CCCC(C(=O)NC(C)C)C3)no2)cc1. The molecule has 1 saturated heterocycles. The minimum absolute atomic E-state index is 0.00146. The first-order valence-corrected chi connectivity index (χ1v) is 9.18. The van der Waals surface area contributed by atoms with Crippen LogP contribution >= 0.6 is 0 Å². The molecule has 1 unspecified atom stereocenters. The number of amides is 2. The normalized spacial score (nSPS) is 17.0. The zero-order valence-electron chi connectivity index (χ0n) is 15.9. The van der Waals surface area contributed by atoms with Crippen molar-refractivity contribution in [3.05, 3.63) is 36.0 Å². The summed E-state index contributed by atoms with van der Waals surface area (Å²) < 4.78 is 10.5. The van der Waals surface area contributed by atoms with Gasteiger partial charge >= 0.3 is 0 Å². The van der Waals surface area contributed by atoms with Gasteiger partial charge in [0.1, 0.15) is 5.75 Å². The van der Waals surface area contributed by atoms with Crippen molar-refractivity contribution >= 4 is 11.8 Å². The lowest BCUT2D eigenvalue weighted by Gasteiger charge is -2.31. The standard InChI is InChI=1S/C20H25N3O4/c1-13(2)21-19(24)15-5-4-10-23(12-15)20(25)17-11-18(27-22-17)14-6-8-16(26-3)9-7-14/h6-9,11,13,15H,4-5,10,12H2,1-3H3,(H,21,24). The third kappa shape index (κ3) is 4.48. The van der Waals surface area contributed by atoms with E-state index in [4.69, 9.17) is 9.26 Å². The second-order valence-electron chi connectivity index (χ2n) is 7.06. The fourth-order valence-electron chi connectivity index (χ4n) is 3.21. The number of hydrogen-bond donors (Lipinski definition) is 1. The zero-order chi connectivity index (χ0) is 19.4. The van der Waals surface area contributed by atoms with Crippen LogP contribution in [0.2, 0.25) is 0 Å². The minimum Gasteiger partial charge on any atom is -0.497 e. The lowest BCUT2D eigenvalue weighted by molar-refractivity contribution is -0.126. The third-order valence-corrected chi connectivity index (χ3v) is 4.61. The maximum absolute atomic E-state index is 12.8. The highest BCUT2D eigenvalue weighted by Crippen LogP contribution is 2.25. The second-order valence-corrected chi connectivity index (χ2v) is 7.06. The fourth-order valence-corrected chi connectivity index (χ4v) is 3.21. The Labute approximate surface area is 158 Å². The summed E-state index contributed by atoms with van der Waals surface area (Å²) in [6.07, 6.45) is 1.59. The molecule has 0 radical (unpaired) electrons. The van der Waals surface area contributed by atoms with Crippen LogP contribution in [0.4, 0.5) is 0 Å². The number of carbonyl (C=O) groups excluding carboxylic acids is 2. The summed E-state index contributed by atoms with van der Waals surface area (Å²) in [4.78, 5) is 26.7. The largest absolute Gasteiger partial charge is 0.497 e. The van der Waals surface area contributed by atoms with Crippen LogP contribution in [0.15, 0.2) is 34.9 Å². The quantitative estimate of drug-likeness (QED) is 0.874. The van der Waals surface area contributed by atoms with Gasteiger partial charge in [0, 0.05) is 30.8 Å². The number of piperidine rings is 1. The number of aromatic nitrogens is 1. The van der Waals surface area contributed by atoms with Gasteiger partial charge in [-0.05, 0) is 51.0 Å². The Bertz CT molecular complexity index is 798. The lowest BCUT2D eigenvalue weighted by Crippen LogP contribution is -2.46. The number of benzene rings is 1. The van der Waals surface area contributed by atoms with E-state index in [2.05, 4.69) is 10.5 Å². The molecule has 1 aromatic heterocycles. The van der Waals surface area contributed by atoms with Crippen LogP contribution in [-0.2, 0) is 4.79 Å². The Morgan fingerprint density at radius 3 is 2.70 bits per heavy atom. The highest BCUT2D eigenvalue weighted by atomic mass is 16.5. The molecular formula is C20H25N3O4. The summed E-state index contributed by atoms with van der Waals surface area (Å²) in [6, 6.07) is 9.07. The van der Waals surface area contributed by atoms with Crippen molar-refractivity contribution in [2.75, 3.05) is 20.2 Å². The molecule has 0 spiro atoms. The first kappa shape index (κ1) is 18.9. The summed E-state index contributed by atoms with van der Waals surface area (Å²) in [6.45, 7) is 4.89. The van der Waals surface area contributed by atoms with Gasteiger partial charge in [-0.1, -0.05) is 5.16 Å². The summed E-state index contributed by atoms with van der Waals surface area (Å²) in [5.41, 5.74) is 1.07. The summed E-state index contributed by atoms with van der Waals surface area (Å²) in [7, 11) is 1.60. The van der Waals surface area contributed by atoms with Gasteiger partial charge in [-0.2, -0.15) is 0 Å².